The first-order valence-corrected chi connectivity index (χ1v) is 6.53. The smallest absolute Gasteiger partial charge is 0.222 e. The molecule has 0 spiro atoms. The molecule has 1 atom stereocenters. The van der Waals surface area contributed by atoms with Gasteiger partial charge in [-0.25, -0.2) is 0 Å². The lowest BCUT2D eigenvalue weighted by atomic mass is 10.2. The molecule has 2 aromatic rings. The second kappa shape index (κ2) is 6.38. The lowest BCUT2D eigenvalue weighted by molar-refractivity contribution is -0.122. The van der Waals surface area contributed by atoms with Crippen LogP contribution in [0.25, 0.3) is 0 Å². The van der Waals surface area contributed by atoms with Crippen molar-refractivity contribution in [2.75, 3.05) is 0 Å². The summed E-state index contributed by atoms with van der Waals surface area (Å²) in [6.45, 7) is 2.48. The zero-order valence-corrected chi connectivity index (χ0v) is 11.5. The summed E-state index contributed by atoms with van der Waals surface area (Å²) in [5, 5.41) is 7.70. The first kappa shape index (κ1) is 13.6. The van der Waals surface area contributed by atoms with Crippen molar-refractivity contribution in [3.63, 3.8) is 0 Å². The third kappa shape index (κ3) is 4.10. The summed E-state index contributed by atoms with van der Waals surface area (Å²) in [5.41, 5.74) is 1.03. The number of benzene rings is 1. The van der Waals surface area contributed by atoms with Gasteiger partial charge in [-0.2, -0.15) is 5.10 Å². The van der Waals surface area contributed by atoms with E-state index >= 15 is 0 Å². The maximum Gasteiger partial charge on any atom is 0.222 e. The summed E-state index contributed by atoms with van der Waals surface area (Å²) in [5.74, 6) is 0.0120. The van der Waals surface area contributed by atoms with Crippen LogP contribution in [0.15, 0.2) is 42.7 Å². The molecule has 0 unspecified atom stereocenters. The zero-order valence-electron chi connectivity index (χ0n) is 10.7. The number of nitrogens with one attached hydrogen (secondary N) is 1. The van der Waals surface area contributed by atoms with E-state index in [1.54, 1.807) is 10.9 Å². The van der Waals surface area contributed by atoms with Gasteiger partial charge < -0.3 is 5.32 Å². The monoisotopic (exact) mass is 277 g/mol. The molecule has 1 amide bonds. The number of nitrogens with zero attached hydrogens (tertiary/aromatic N) is 2. The molecule has 0 fully saturated rings. The third-order valence-corrected chi connectivity index (χ3v) is 3.11. The minimum Gasteiger partial charge on any atom is -0.352 e. The van der Waals surface area contributed by atoms with Crippen LogP contribution in [-0.4, -0.2) is 15.7 Å². The summed E-state index contributed by atoms with van der Waals surface area (Å²) in [6, 6.07) is 9.34. The van der Waals surface area contributed by atoms with Crippen LogP contribution in [0.5, 0.6) is 0 Å². The number of aromatic nitrogens is 2. The van der Waals surface area contributed by atoms with E-state index in [-0.39, 0.29) is 11.9 Å². The van der Waals surface area contributed by atoms with E-state index in [0.29, 0.717) is 18.0 Å². The van der Waals surface area contributed by atoms with Crippen LogP contribution in [0.3, 0.4) is 0 Å². The van der Waals surface area contributed by atoms with Gasteiger partial charge in [0, 0.05) is 30.4 Å². The first-order chi connectivity index (χ1) is 9.15. The Bertz CT molecular complexity index is 522. The van der Waals surface area contributed by atoms with Crippen LogP contribution in [0, 0.1) is 0 Å². The molecule has 100 valence electrons. The quantitative estimate of drug-likeness (QED) is 0.913. The number of carbonyl (C=O) groups is 1. The highest BCUT2D eigenvalue weighted by molar-refractivity contribution is 6.30. The summed E-state index contributed by atoms with van der Waals surface area (Å²) in [6.07, 6.45) is 3.98. The second-order valence-corrected chi connectivity index (χ2v) is 4.88. The molecule has 1 heterocycles. The standard InChI is InChI=1S/C14H16ClN3O/c1-11(18-8-2-7-17-18)9-14(19)16-10-12-3-5-13(15)6-4-12/h2-8,11H,9-10H2,1H3,(H,16,19)/t11-/m0/s1. The zero-order chi connectivity index (χ0) is 13.7. The topological polar surface area (TPSA) is 46.9 Å². The van der Waals surface area contributed by atoms with Crippen molar-refractivity contribution in [1.29, 1.82) is 0 Å². The summed E-state index contributed by atoms with van der Waals surface area (Å²) in [7, 11) is 0. The first-order valence-electron chi connectivity index (χ1n) is 6.15. The molecule has 1 aromatic heterocycles. The molecule has 0 radical (unpaired) electrons. The van der Waals surface area contributed by atoms with Gasteiger partial charge in [0.15, 0.2) is 0 Å². The van der Waals surface area contributed by atoms with Gasteiger partial charge in [0.05, 0.1) is 6.04 Å². The lowest BCUT2D eigenvalue weighted by Gasteiger charge is -2.12. The molecule has 0 bridgehead atoms. The SMILES string of the molecule is C[C@@H](CC(=O)NCc1ccc(Cl)cc1)n1cccn1. The molecule has 0 aliphatic carbocycles. The lowest BCUT2D eigenvalue weighted by Crippen LogP contribution is -2.25. The van der Waals surface area contributed by atoms with Crippen LogP contribution in [0.4, 0.5) is 0 Å². The van der Waals surface area contributed by atoms with E-state index in [0.717, 1.165) is 5.56 Å². The van der Waals surface area contributed by atoms with Crippen LogP contribution in [0.2, 0.25) is 5.02 Å². The number of halogens is 1. The molecule has 1 N–H and O–H groups in total. The Kier molecular flexibility index (Phi) is 4.58. The molecule has 0 aliphatic rings. The Morgan fingerprint density at radius 2 is 2.16 bits per heavy atom. The van der Waals surface area contributed by atoms with Gasteiger partial charge in [-0.1, -0.05) is 23.7 Å². The molecule has 4 nitrogen and oxygen atoms in total. The molecule has 5 heteroatoms. The minimum atomic E-state index is 0.0120. The molecule has 2 rings (SSSR count). The Morgan fingerprint density at radius 1 is 1.42 bits per heavy atom. The van der Waals surface area contributed by atoms with E-state index < -0.39 is 0 Å². The van der Waals surface area contributed by atoms with Crippen LogP contribution < -0.4 is 5.32 Å². The van der Waals surface area contributed by atoms with Crippen LogP contribution in [0.1, 0.15) is 24.9 Å². The number of amides is 1. The van der Waals surface area contributed by atoms with Crippen molar-refractivity contribution in [1.82, 2.24) is 15.1 Å². The molecule has 1 aromatic carbocycles. The van der Waals surface area contributed by atoms with Gasteiger partial charge in [0.1, 0.15) is 0 Å². The van der Waals surface area contributed by atoms with E-state index in [1.165, 1.54) is 0 Å². The Balaban J connectivity index is 1.80. The highest BCUT2D eigenvalue weighted by Crippen LogP contribution is 2.10. The maximum atomic E-state index is 11.8. The van der Waals surface area contributed by atoms with E-state index in [9.17, 15) is 4.79 Å². The highest BCUT2D eigenvalue weighted by Gasteiger charge is 2.10. The van der Waals surface area contributed by atoms with Crippen molar-refractivity contribution in [3.8, 4) is 0 Å². The fourth-order valence-electron chi connectivity index (χ4n) is 1.78. The molecular weight excluding hydrogens is 262 g/mol. The number of rotatable bonds is 5. The predicted molar refractivity (Wildman–Crippen MR) is 74.9 cm³/mol. The van der Waals surface area contributed by atoms with E-state index in [2.05, 4.69) is 10.4 Å². The van der Waals surface area contributed by atoms with Crippen molar-refractivity contribution in [2.45, 2.75) is 25.9 Å². The van der Waals surface area contributed by atoms with Crippen molar-refractivity contribution < 1.29 is 4.79 Å². The molecule has 0 saturated carbocycles. The van der Waals surface area contributed by atoms with Crippen molar-refractivity contribution in [2.24, 2.45) is 0 Å². The summed E-state index contributed by atoms with van der Waals surface area (Å²) < 4.78 is 1.78. The minimum absolute atomic E-state index is 0.0120. The molecular formula is C14H16ClN3O. The van der Waals surface area contributed by atoms with Gasteiger partial charge in [0.25, 0.3) is 0 Å². The molecule has 19 heavy (non-hydrogen) atoms. The number of carbonyl (C=O) groups excluding carboxylic acids is 1. The van der Waals surface area contributed by atoms with Crippen molar-refractivity contribution in [3.05, 3.63) is 53.3 Å². The Morgan fingerprint density at radius 3 is 2.79 bits per heavy atom. The second-order valence-electron chi connectivity index (χ2n) is 4.44. The third-order valence-electron chi connectivity index (χ3n) is 2.86. The van der Waals surface area contributed by atoms with Gasteiger partial charge in [-0.05, 0) is 30.7 Å². The van der Waals surface area contributed by atoms with E-state index in [4.69, 9.17) is 11.6 Å². The number of hydrogen-bond donors (Lipinski definition) is 1. The summed E-state index contributed by atoms with van der Waals surface area (Å²) >= 11 is 5.80. The van der Waals surface area contributed by atoms with Gasteiger partial charge in [-0.15, -0.1) is 0 Å². The van der Waals surface area contributed by atoms with Crippen molar-refractivity contribution >= 4 is 17.5 Å². The average molecular weight is 278 g/mol. The van der Waals surface area contributed by atoms with Gasteiger partial charge in [-0.3, -0.25) is 9.48 Å². The molecule has 0 saturated heterocycles. The van der Waals surface area contributed by atoms with E-state index in [1.807, 2.05) is 43.5 Å². The van der Waals surface area contributed by atoms with Crippen LogP contribution in [-0.2, 0) is 11.3 Å². The van der Waals surface area contributed by atoms with Gasteiger partial charge in [0.2, 0.25) is 5.91 Å². The largest absolute Gasteiger partial charge is 0.352 e. The molecule has 0 aliphatic heterocycles. The predicted octanol–water partition coefficient (Wildman–Crippen LogP) is 2.80. The highest BCUT2D eigenvalue weighted by atomic mass is 35.5. The Labute approximate surface area is 117 Å². The fourth-order valence-corrected chi connectivity index (χ4v) is 1.90. The average Bonchev–Trinajstić information content (AvgIpc) is 2.92. The fraction of sp³-hybridized carbons (Fsp3) is 0.286. The van der Waals surface area contributed by atoms with Gasteiger partial charge >= 0.3 is 0 Å². The Hall–Kier alpha value is -1.81. The normalized spacial score (nSPS) is 12.1. The van der Waals surface area contributed by atoms with Crippen LogP contribution >= 0.6 is 11.6 Å². The summed E-state index contributed by atoms with van der Waals surface area (Å²) in [4.78, 5) is 11.8. The number of hydrogen-bond acceptors (Lipinski definition) is 2. The maximum absolute atomic E-state index is 11.8.